The highest BCUT2D eigenvalue weighted by Gasteiger charge is 2.43. The molecule has 0 aliphatic carbocycles. The maximum atomic E-state index is 13.5. The Morgan fingerprint density at radius 1 is 1.18 bits per heavy atom. The maximum absolute atomic E-state index is 13.5. The SMILES string of the molecule is COO/C=N/[C@](C#C[Si](C)(C)C)(CN1Cc2ccc(OCc3cc(C)nc4ccccc34)cc2C1=O)C(=O)OC. The van der Waals surface area contributed by atoms with E-state index in [0.717, 1.165) is 34.1 Å². The van der Waals surface area contributed by atoms with Crippen LogP contribution in [0.1, 0.15) is 27.2 Å². The van der Waals surface area contributed by atoms with E-state index in [9.17, 15) is 9.59 Å². The summed E-state index contributed by atoms with van der Waals surface area (Å²) in [4.78, 5) is 46.3. The molecular formula is C30H33N3O6Si. The Bertz CT molecular complexity index is 1520. The Morgan fingerprint density at radius 2 is 1.95 bits per heavy atom. The molecule has 2 aromatic carbocycles. The van der Waals surface area contributed by atoms with Crippen molar-refractivity contribution >= 4 is 37.3 Å². The standard InChI is InChI=1S/C30H33N3O6Si/c1-21-15-23(25-9-7-8-10-27(25)32-21)18-38-24-12-11-22-17-33(28(34)26(22)16-24)19-30(29(35)36-2,31-20-39-37-3)13-14-40(4,5)6/h7-12,15-16,20H,17-19H2,1-6H3/b31-20+/t30-/m1/s1. The summed E-state index contributed by atoms with van der Waals surface area (Å²) >= 11 is 0. The third-order valence-electron chi connectivity index (χ3n) is 6.28. The number of methoxy groups -OCH3 is 1. The van der Waals surface area contributed by atoms with E-state index in [1.165, 1.54) is 19.1 Å². The molecule has 1 aliphatic rings. The van der Waals surface area contributed by atoms with Gasteiger partial charge in [-0.25, -0.2) is 9.79 Å². The van der Waals surface area contributed by atoms with Gasteiger partial charge in [-0.1, -0.05) is 49.8 Å². The zero-order chi connectivity index (χ0) is 28.9. The van der Waals surface area contributed by atoms with Gasteiger partial charge < -0.3 is 19.3 Å². The third-order valence-corrected chi connectivity index (χ3v) is 7.16. The molecule has 1 amide bonds. The minimum Gasteiger partial charge on any atom is -0.489 e. The number of nitrogens with zero attached hydrogens (tertiary/aromatic N) is 3. The second-order valence-corrected chi connectivity index (χ2v) is 15.3. The van der Waals surface area contributed by atoms with Gasteiger partial charge in [0.15, 0.2) is 0 Å². The Kier molecular flexibility index (Phi) is 8.57. The Balaban J connectivity index is 1.58. The van der Waals surface area contributed by atoms with Crippen molar-refractivity contribution in [2.45, 2.75) is 45.3 Å². The summed E-state index contributed by atoms with van der Waals surface area (Å²) < 4.78 is 11.2. The van der Waals surface area contributed by atoms with Gasteiger partial charge in [0.2, 0.25) is 11.9 Å². The molecule has 0 N–H and O–H groups in total. The van der Waals surface area contributed by atoms with Crippen LogP contribution in [0, 0.1) is 18.4 Å². The van der Waals surface area contributed by atoms with Crippen molar-refractivity contribution in [1.29, 1.82) is 0 Å². The molecule has 1 atom stereocenters. The van der Waals surface area contributed by atoms with Crippen LogP contribution in [0.25, 0.3) is 10.9 Å². The molecule has 10 heteroatoms. The van der Waals surface area contributed by atoms with Crippen LogP contribution in [-0.4, -0.2) is 62.5 Å². The summed E-state index contributed by atoms with van der Waals surface area (Å²) in [5, 5.41) is 1.02. The van der Waals surface area contributed by atoms with Crippen LogP contribution in [0.5, 0.6) is 5.75 Å². The second kappa shape index (κ2) is 11.9. The summed E-state index contributed by atoms with van der Waals surface area (Å²) in [6.07, 6.45) is 1.000. The monoisotopic (exact) mass is 559 g/mol. The van der Waals surface area contributed by atoms with Crippen LogP contribution < -0.4 is 4.74 Å². The molecule has 40 heavy (non-hydrogen) atoms. The quantitative estimate of drug-likeness (QED) is 0.0725. The number of pyridine rings is 1. The predicted molar refractivity (Wildman–Crippen MR) is 154 cm³/mol. The number of hydrogen-bond acceptors (Lipinski definition) is 8. The molecule has 0 fully saturated rings. The highest BCUT2D eigenvalue weighted by molar-refractivity contribution is 6.83. The second-order valence-electron chi connectivity index (χ2n) is 10.6. The molecule has 0 radical (unpaired) electrons. The van der Waals surface area contributed by atoms with Crippen molar-refractivity contribution in [2.75, 3.05) is 20.8 Å². The van der Waals surface area contributed by atoms with Crippen LogP contribution in [0.3, 0.4) is 0 Å². The third kappa shape index (κ3) is 6.50. The highest BCUT2D eigenvalue weighted by atomic mass is 28.3. The van der Waals surface area contributed by atoms with Gasteiger partial charge in [-0.15, -0.1) is 5.54 Å². The lowest BCUT2D eigenvalue weighted by Gasteiger charge is -2.27. The lowest BCUT2D eigenvalue weighted by atomic mass is 10.0. The number of ether oxygens (including phenoxy) is 2. The number of aromatic nitrogens is 1. The fourth-order valence-electron chi connectivity index (χ4n) is 4.40. The molecule has 1 aliphatic heterocycles. The van der Waals surface area contributed by atoms with E-state index in [1.54, 1.807) is 6.07 Å². The minimum atomic E-state index is -1.91. The normalized spacial score (nSPS) is 14.4. The molecule has 3 aromatic rings. The number of amides is 1. The van der Waals surface area contributed by atoms with Crippen molar-refractivity contribution in [1.82, 2.24) is 9.88 Å². The number of fused-ring (bicyclic) bond motifs is 2. The van der Waals surface area contributed by atoms with Gasteiger partial charge in [-0.3, -0.25) is 9.78 Å². The largest absolute Gasteiger partial charge is 0.489 e. The van der Waals surface area contributed by atoms with Gasteiger partial charge in [-0.2, -0.15) is 4.89 Å². The molecule has 0 saturated heterocycles. The number of para-hydroxylation sites is 1. The summed E-state index contributed by atoms with van der Waals surface area (Å²) in [5.41, 5.74) is 5.65. The van der Waals surface area contributed by atoms with Crippen LogP contribution in [0.15, 0.2) is 53.5 Å². The molecular weight excluding hydrogens is 526 g/mol. The van der Waals surface area contributed by atoms with Gasteiger partial charge in [0.05, 0.1) is 26.3 Å². The van der Waals surface area contributed by atoms with Crippen molar-refractivity contribution < 1.29 is 28.8 Å². The zero-order valence-corrected chi connectivity index (χ0v) is 24.6. The number of aryl methyl sites for hydroxylation is 1. The number of benzene rings is 2. The molecule has 2 heterocycles. The molecule has 1 aromatic heterocycles. The van der Waals surface area contributed by atoms with E-state index < -0.39 is 19.6 Å². The first kappa shape index (κ1) is 28.8. The smallest absolute Gasteiger partial charge is 0.348 e. The van der Waals surface area contributed by atoms with Crippen molar-refractivity contribution in [3.63, 3.8) is 0 Å². The van der Waals surface area contributed by atoms with Gasteiger partial charge >= 0.3 is 5.97 Å². The molecule has 9 nitrogen and oxygen atoms in total. The zero-order valence-electron chi connectivity index (χ0n) is 23.6. The number of rotatable bonds is 9. The lowest BCUT2D eigenvalue weighted by molar-refractivity contribution is -0.188. The van der Waals surface area contributed by atoms with Crippen LogP contribution in [0.2, 0.25) is 19.6 Å². The maximum Gasteiger partial charge on any atom is 0.348 e. The molecule has 208 valence electrons. The fourth-order valence-corrected chi connectivity index (χ4v) is 4.99. The fraction of sp³-hybridized carbons (Fsp3) is 0.333. The van der Waals surface area contributed by atoms with E-state index in [1.807, 2.05) is 69.0 Å². The number of esters is 1. The summed E-state index contributed by atoms with van der Waals surface area (Å²) in [6.45, 7) is 8.59. The predicted octanol–water partition coefficient (Wildman–Crippen LogP) is 4.48. The number of hydrogen-bond donors (Lipinski definition) is 0. The van der Waals surface area contributed by atoms with Crippen molar-refractivity contribution in [3.05, 3.63) is 70.9 Å². The van der Waals surface area contributed by atoms with Gasteiger partial charge in [-0.05, 0) is 36.8 Å². The Morgan fingerprint density at radius 3 is 2.67 bits per heavy atom. The van der Waals surface area contributed by atoms with E-state index in [-0.39, 0.29) is 19.0 Å². The average Bonchev–Trinajstić information content (AvgIpc) is 3.23. The summed E-state index contributed by atoms with van der Waals surface area (Å²) in [7, 11) is 0.665. The van der Waals surface area contributed by atoms with Crippen LogP contribution >= 0.6 is 0 Å². The molecule has 4 rings (SSSR count). The van der Waals surface area contributed by atoms with Gasteiger partial charge in [0, 0.05) is 28.8 Å². The van der Waals surface area contributed by atoms with E-state index in [4.69, 9.17) is 14.4 Å². The Labute approximate surface area is 235 Å². The minimum absolute atomic E-state index is 0.118. The van der Waals surface area contributed by atoms with Gasteiger partial charge in [0.1, 0.15) is 20.4 Å². The first-order valence-corrected chi connectivity index (χ1v) is 16.3. The van der Waals surface area contributed by atoms with E-state index >= 15 is 0 Å². The number of carbonyl (C=O) groups is 2. The van der Waals surface area contributed by atoms with Crippen LogP contribution in [-0.2, 0) is 32.5 Å². The number of aliphatic imine (C=N–C) groups is 1. The number of carbonyl (C=O) groups excluding carboxylic acids is 2. The first-order chi connectivity index (χ1) is 19.0. The molecule has 0 spiro atoms. The topological polar surface area (TPSA) is 99.5 Å². The summed E-state index contributed by atoms with van der Waals surface area (Å²) in [6, 6.07) is 15.4. The molecule has 0 unspecified atom stereocenters. The highest BCUT2D eigenvalue weighted by Crippen LogP contribution is 2.30. The molecule has 0 saturated carbocycles. The van der Waals surface area contributed by atoms with Gasteiger partial charge in [0.25, 0.3) is 5.91 Å². The first-order valence-electron chi connectivity index (χ1n) is 12.8. The summed E-state index contributed by atoms with van der Waals surface area (Å²) in [5.74, 6) is 2.63. The van der Waals surface area contributed by atoms with E-state index in [2.05, 4.69) is 26.3 Å². The molecule has 0 bridgehead atoms. The van der Waals surface area contributed by atoms with Crippen molar-refractivity contribution in [3.8, 4) is 17.2 Å². The van der Waals surface area contributed by atoms with Crippen molar-refractivity contribution in [2.24, 2.45) is 4.99 Å². The van der Waals surface area contributed by atoms with E-state index in [0.29, 0.717) is 17.9 Å². The Hall–Kier alpha value is -4.20. The average molecular weight is 560 g/mol. The van der Waals surface area contributed by atoms with Crippen LogP contribution in [0.4, 0.5) is 0 Å². The lowest BCUT2D eigenvalue weighted by Crippen LogP contribution is -2.48.